The van der Waals surface area contributed by atoms with E-state index >= 15 is 0 Å². The summed E-state index contributed by atoms with van der Waals surface area (Å²) in [7, 11) is 0. The molecule has 0 bridgehead atoms. The first-order valence-electron chi connectivity index (χ1n) is 24.6. The molecule has 0 atom stereocenters. The van der Waals surface area contributed by atoms with Crippen LogP contribution in [0.4, 0.5) is 0 Å². The lowest BCUT2D eigenvalue weighted by atomic mass is 10.0. The minimum Gasteiger partial charge on any atom is -0.481 e. The number of ether oxygens (including phenoxy) is 12. The van der Waals surface area contributed by atoms with Gasteiger partial charge in [0.1, 0.15) is 0 Å². The van der Waals surface area contributed by atoms with E-state index in [1.54, 1.807) is 0 Å². The van der Waals surface area contributed by atoms with Gasteiger partial charge >= 0.3 is 5.97 Å². The number of amides is 1. The Kier molecular flexibility index (Phi) is 55.2. The van der Waals surface area contributed by atoms with Crippen LogP contribution in [-0.2, 0) is 66.4 Å². The van der Waals surface area contributed by atoms with Crippen LogP contribution < -0.4 is 5.32 Å². The molecule has 1 amide bonds. The van der Waals surface area contributed by atoms with E-state index < -0.39 is 5.97 Å². The largest absolute Gasteiger partial charge is 0.481 e. The molecule has 0 rings (SSSR count). The van der Waals surface area contributed by atoms with Crippen LogP contribution in [0.25, 0.3) is 0 Å². The van der Waals surface area contributed by atoms with Gasteiger partial charge in [0.15, 0.2) is 0 Å². The Morgan fingerprint density at radius 1 is 0.302 bits per heavy atom. The highest BCUT2D eigenvalue weighted by Crippen LogP contribution is 2.13. The van der Waals surface area contributed by atoms with Gasteiger partial charge in [-0.25, -0.2) is 0 Å². The fraction of sp³-hybridized carbons (Fsp3) is 0.957. The molecule has 16 nitrogen and oxygen atoms in total. The normalized spacial score (nSPS) is 11.5. The molecule has 0 saturated carbocycles. The summed E-state index contributed by atoms with van der Waals surface area (Å²) in [6, 6.07) is 0. The molecular weight excluding hydrogens is 819 g/mol. The number of carboxylic acid groups (broad SMARTS) is 1. The molecule has 0 aliphatic heterocycles. The number of carbonyl (C=O) groups excluding carboxylic acids is 1. The maximum atomic E-state index is 11.4. The van der Waals surface area contributed by atoms with Crippen LogP contribution >= 0.6 is 0 Å². The van der Waals surface area contributed by atoms with Crippen molar-refractivity contribution in [2.24, 2.45) is 0 Å². The van der Waals surface area contributed by atoms with Gasteiger partial charge in [-0.1, -0.05) is 103 Å². The lowest BCUT2D eigenvalue weighted by Gasteiger charge is -2.09. The number of carboxylic acids is 1. The highest BCUT2D eigenvalue weighted by molar-refractivity contribution is 5.80. The summed E-state index contributed by atoms with van der Waals surface area (Å²) < 4.78 is 66.2. The SMILES string of the molecule is CCCCCCCCCCCCCCCCCCOCCOCCOCCOCCOCCOCCOCCOCCOCCOCCOCCOCCCNC(=O)CCC(=O)O. The molecule has 0 aliphatic rings. The third-order valence-electron chi connectivity index (χ3n) is 9.59. The van der Waals surface area contributed by atoms with Crippen molar-refractivity contribution in [2.45, 2.75) is 129 Å². The molecule has 0 spiro atoms. The van der Waals surface area contributed by atoms with E-state index in [1.807, 2.05) is 0 Å². The zero-order valence-electron chi connectivity index (χ0n) is 39.8. The molecule has 0 aliphatic carbocycles. The van der Waals surface area contributed by atoms with Crippen molar-refractivity contribution in [3.63, 3.8) is 0 Å². The number of unbranched alkanes of at least 4 members (excludes halogenated alkanes) is 15. The number of aliphatic carboxylic acids is 1. The molecule has 0 heterocycles. The molecule has 0 aromatic carbocycles. The van der Waals surface area contributed by atoms with E-state index in [9.17, 15) is 9.59 Å². The minimum atomic E-state index is -0.982. The van der Waals surface area contributed by atoms with E-state index in [1.165, 1.54) is 96.3 Å². The van der Waals surface area contributed by atoms with Crippen LogP contribution in [0.5, 0.6) is 0 Å². The monoisotopic (exact) mass is 912 g/mol. The van der Waals surface area contributed by atoms with E-state index in [2.05, 4.69) is 12.2 Å². The lowest BCUT2D eigenvalue weighted by molar-refractivity contribution is -0.138. The quantitative estimate of drug-likeness (QED) is 0.0608. The summed E-state index contributed by atoms with van der Waals surface area (Å²) in [4.78, 5) is 21.8. The first kappa shape index (κ1) is 61.5. The molecule has 2 N–H and O–H groups in total. The average molecular weight is 912 g/mol. The molecule has 63 heavy (non-hydrogen) atoms. The second kappa shape index (κ2) is 56.6. The summed E-state index contributed by atoms with van der Waals surface area (Å²) in [5.74, 6) is -1.25. The Labute approximate surface area is 382 Å². The zero-order valence-corrected chi connectivity index (χ0v) is 39.8. The molecule has 0 aromatic heterocycles. The minimum absolute atomic E-state index is 0.00996. The third-order valence-corrected chi connectivity index (χ3v) is 9.59. The van der Waals surface area contributed by atoms with Gasteiger partial charge in [0.05, 0.1) is 152 Å². The molecule has 376 valence electrons. The Morgan fingerprint density at radius 3 is 0.778 bits per heavy atom. The molecule has 0 radical (unpaired) electrons. The summed E-state index contributed by atoms with van der Waals surface area (Å²) in [6.07, 6.45) is 22.6. The fourth-order valence-corrected chi connectivity index (χ4v) is 5.98. The Balaban J connectivity index is 3.09. The fourth-order valence-electron chi connectivity index (χ4n) is 5.98. The van der Waals surface area contributed by atoms with Gasteiger partial charge in [0, 0.05) is 26.2 Å². The van der Waals surface area contributed by atoms with Crippen molar-refractivity contribution in [1.29, 1.82) is 0 Å². The van der Waals surface area contributed by atoms with Crippen LogP contribution in [-0.4, -0.2) is 182 Å². The predicted molar refractivity (Wildman–Crippen MR) is 244 cm³/mol. The summed E-state index contributed by atoms with van der Waals surface area (Å²) >= 11 is 0. The van der Waals surface area contributed by atoms with Crippen LogP contribution in [0.1, 0.15) is 129 Å². The summed E-state index contributed by atoms with van der Waals surface area (Å²) in [5, 5.41) is 11.2. The van der Waals surface area contributed by atoms with Crippen LogP contribution in [0.2, 0.25) is 0 Å². The number of hydrogen-bond donors (Lipinski definition) is 2. The number of carbonyl (C=O) groups is 2. The first-order valence-corrected chi connectivity index (χ1v) is 24.6. The van der Waals surface area contributed by atoms with Crippen molar-refractivity contribution in [3.05, 3.63) is 0 Å². The van der Waals surface area contributed by atoms with Crippen molar-refractivity contribution in [1.82, 2.24) is 5.32 Å². The van der Waals surface area contributed by atoms with Crippen molar-refractivity contribution in [2.75, 3.05) is 165 Å². The van der Waals surface area contributed by atoms with Crippen LogP contribution in [0.15, 0.2) is 0 Å². The number of nitrogens with one attached hydrogen (secondary N) is 1. The maximum Gasteiger partial charge on any atom is 0.303 e. The van der Waals surface area contributed by atoms with E-state index in [-0.39, 0.29) is 18.7 Å². The molecule has 16 heteroatoms. The topological polar surface area (TPSA) is 177 Å². The highest BCUT2D eigenvalue weighted by Gasteiger charge is 2.04. The van der Waals surface area contributed by atoms with Gasteiger partial charge in [-0.2, -0.15) is 0 Å². The second-order valence-electron chi connectivity index (χ2n) is 15.2. The predicted octanol–water partition coefficient (Wildman–Crippen LogP) is 6.82. The Morgan fingerprint density at radius 2 is 0.524 bits per heavy atom. The molecule has 0 saturated heterocycles. The van der Waals surface area contributed by atoms with E-state index in [0.717, 1.165) is 13.0 Å². The maximum absolute atomic E-state index is 11.4. The second-order valence-corrected chi connectivity index (χ2v) is 15.2. The molecular formula is C47H93NO15. The van der Waals surface area contributed by atoms with E-state index in [0.29, 0.717) is 165 Å². The number of hydrogen-bond acceptors (Lipinski definition) is 14. The molecule has 0 fully saturated rings. The van der Waals surface area contributed by atoms with Gasteiger partial charge in [0.2, 0.25) is 5.91 Å². The molecule has 0 aromatic rings. The highest BCUT2D eigenvalue weighted by atomic mass is 16.6. The molecule has 0 unspecified atom stereocenters. The smallest absolute Gasteiger partial charge is 0.303 e. The zero-order chi connectivity index (χ0) is 45.5. The van der Waals surface area contributed by atoms with Crippen molar-refractivity contribution in [3.8, 4) is 0 Å². The van der Waals surface area contributed by atoms with Gasteiger partial charge in [-0.3, -0.25) is 9.59 Å². The van der Waals surface area contributed by atoms with Crippen LogP contribution in [0.3, 0.4) is 0 Å². The van der Waals surface area contributed by atoms with Gasteiger partial charge in [-0.05, 0) is 12.8 Å². The Hall–Kier alpha value is -1.54. The average Bonchev–Trinajstić information content (AvgIpc) is 3.28. The summed E-state index contributed by atoms with van der Waals surface area (Å²) in [6.45, 7) is 15.2. The van der Waals surface area contributed by atoms with Crippen LogP contribution in [0, 0.1) is 0 Å². The standard InChI is InChI=1S/C47H93NO15/c1-2-3-4-5-6-7-8-9-10-11-12-13-14-15-16-17-22-52-24-26-54-28-30-56-32-34-58-36-38-60-40-42-62-44-45-63-43-41-61-39-37-59-35-33-57-31-29-55-27-25-53-23-18-21-48-46(49)19-20-47(50)51/h2-45H2,1H3,(H,48,49)(H,50,51). The lowest BCUT2D eigenvalue weighted by Crippen LogP contribution is -2.25. The Bertz CT molecular complexity index is 892. The van der Waals surface area contributed by atoms with Gasteiger partial charge in [0.25, 0.3) is 0 Å². The number of rotatable bonds is 57. The van der Waals surface area contributed by atoms with Gasteiger partial charge < -0.3 is 67.3 Å². The van der Waals surface area contributed by atoms with E-state index in [4.69, 9.17) is 61.9 Å². The van der Waals surface area contributed by atoms with Crippen molar-refractivity contribution >= 4 is 11.9 Å². The third kappa shape index (κ3) is 58.4. The van der Waals surface area contributed by atoms with Crippen molar-refractivity contribution < 1.29 is 71.5 Å². The first-order chi connectivity index (χ1) is 31.2. The summed E-state index contributed by atoms with van der Waals surface area (Å²) in [5.41, 5.74) is 0. The van der Waals surface area contributed by atoms with Gasteiger partial charge in [-0.15, -0.1) is 0 Å².